The minimum absolute atomic E-state index is 0.0245. The number of nitrogens with zero attached hydrogens (tertiary/aromatic N) is 1. The Morgan fingerprint density at radius 2 is 2.10 bits per heavy atom. The molecular weight excluding hydrogens is 259 g/mol. The van der Waals surface area contributed by atoms with E-state index in [0.29, 0.717) is 11.5 Å². The maximum atomic E-state index is 13.6. The lowest BCUT2D eigenvalue weighted by Gasteiger charge is -2.20. The first-order chi connectivity index (χ1) is 9.51. The van der Waals surface area contributed by atoms with E-state index >= 15 is 0 Å². The molecule has 4 nitrogen and oxygen atoms in total. The SMILES string of the molecule is Cc1ccc(C(Oc2ccc(C#N)c(F)c2)C(C)N)o1. The molecule has 5 heteroatoms. The van der Waals surface area contributed by atoms with Crippen molar-refractivity contribution in [3.8, 4) is 11.8 Å². The highest BCUT2D eigenvalue weighted by atomic mass is 19.1. The second-order valence-electron chi connectivity index (χ2n) is 4.60. The topological polar surface area (TPSA) is 72.2 Å². The van der Waals surface area contributed by atoms with Crippen LogP contribution in [0.15, 0.2) is 34.7 Å². The van der Waals surface area contributed by atoms with E-state index in [1.165, 1.54) is 18.2 Å². The largest absolute Gasteiger partial charge is 0.481 e. The van der Waals surface area contributed by atoms with Crippen LogP contribution in [0.2, 0.25) is 0 Å². The minimum atomic E-state index is -0.621. The Labute approximate surface area is 116 Å². The Morgan fingerprint density at radius 1 is 1.35 bits per heavy atom. The van der Waals surface area contributed by atoms with Crippen molar-refractivity contribution in [2.45, 2.75) is 26.0 Å². The molecule has 0 saturated carbocycles. The molecule has 0 aliphatic carbocycles. The van der Waals surface area contributed by atoms with Gasteiger partial charge in [-0.3, -0.25) is 0 Å². The van der Waals surface area contributed by atoms with Gasteiger partial charge in [0.25, 0.3) is 0 Å². The van der Waals surface area contributed by atoms with Crippen molar-refractivity contribution in [1.29, 1.82) is 5.26 Å². The van der Waals surface area contributed by atoms with E-state index in [1.54, 1.807) is 19.1 Å². The molecule has 1 aromatic heterocycles. The first kappa shape index (κ1) is 14.1. The van der Waals surface area contributed by atoms with Crippen LogP contribution in [-0.2, 0) is 0 Å². The lowest BCUT2D eigenvalue weighted by Crippen LogP contribution is -2.28. The lowest BCUT2D eigenvalue weighted by molar-refractivity contribution is 0.151. The van der Waals surface area contributed by atoms with Crippen molar-refractivity contribution in [2.75, 3.05) is 0 Å². The zero-order valence-corrected chi connectivity index (χ0v) is 11.3. The average Bonchev–Trinajstić information content (AvgIpc) is 2.82. The summed E-state index contributed by atoms with van der Waals surface area (Å²) in [7, 11) is 0. The molecule has 20 heavy (non-hydrogen) atoms. The molecule has 0 spiro atoms. The summed E-state index contributed by atoms with van der Waals surface area (Å²) < 4.78 is 24.7. The highest BCUT2D eigenvalue weighted by molar-refractivity contribution is 5.36. The van der Waals surface area contributed by atoms with Gasteiger partial charge in [0.15, 0.2) is 6.10 Å². The molecule has 1 heterocycles. The molecule has 0 saturated heterocycles. The van der Waals surface area contributed by atoms with Crippen LogP contribution in [0.5, 0.6) is 5.75 Å². The Morgan fingerprint density at radius 3 is 2.60 bits per heavy atom. The average molecular weight is 274 g/mol. The van der Waals surface area contributed by atoms with Crippen molar-refractivity contribution in [3.63, 3.8) is 0 Å². The predicted molar refractivity (Wildman–Crippen MR) is 71.6 cm³/mol. The van der Waals surface area contributed by atoms with Gasteiger partial charge in [-0.1, -0.05) is 0 Å². The molecule has 0 radical (unpaired) electrons. The number of hydrogen-bond acceptors (Lipinski definition) is 4. The number of nitriles is 1. The van der Waals surface area contributed by atoms with Crippen molar-refractivity contribution in [2.24, 2.45) is 5.73 Å². The van der Waals surface area contributed by atoms with Crippen molar-refractivity contribution >= 4 is 0 Å². The zero-order valence-electron chi connectivity index (χ0n) is 11.3. The van der Waals surface area contributed by atoms with Gasteiger partial charge < -0.3 is 14.9 Å². The Balaban J connectivity index is 2.25. The molecule has 0 bridgehead atoms. The summed E-state index contributed by atoms with van der Waals surface area (Å²) in [6.07, 6.45) is -0.518. The van der Waals surface area contributed by atoms with Crippen molar-refractivity contribution in [3.05, 3.63) is 53.2 Å². The van der Waals surface area contributed by atoms with Crippen molar-refractivity contribution in [1.82, 2.24) is 0 Å². The van der Waals surface area contributed by atoms with Crippen LogP contribution in [0.3, 0.4) is 0 Å². The van der Waals surface area contributed by atoms with E-state index in [-0.39, 0.29) is 11.6 Å². The lowest BCUT2D eigenvalue weighted by atomic mass is 10.1. The monoisotopic (exact) mass is 274 g/mol. The molecule has 2 aromatic rings. The maximum absolute atomic E-state index is 13.6. The Hall–Kier alpha value is -2.32. The molecule has 2 rings (SSSR count). The Bertz CT molecular complexity index is 644. The van der Waals surface area contributed by atoms with Gasteiger partial charge in [-0.2, -0.15) is 5.26 Å². The zero-order chi connectivity index (χ0) is 14.7. The fourth-order valence-corrected chi connectivity index (χ4v) is 1.84. The van der Waals surface area contributed by atoms with Gasteiger partial charge in [0.2, 0.25) is 0 Å². The molecule has 0 aliphatic heterocycles. The van der Waals surface area contributed by atoms with Crippen LogP contribution in [0.25, 0.3) is 0 Å². The maximum Gasteiger partial charge on any atom is 0.171 e. The fraction of sp³-hybridized carbons (Fsp3) is 0.267. The third-order valence-electron chi connectivity index (χ3n) is 2.84. The van der Waals surface area contributed by atoms with Crippen LogP contribution in [-0.4, -0.2) is 6.04 Å². The van der Waals surface area contributed by atoms with Gasteiger partial charge in [-0.25, -0.2) is 4.39 Å². The summed E-state index contributed by atoms with van der Waals surface area (Å²) in [4.78, 5) is 0. The molecule has 0 aliphatic rings. The molecular formula is C15H15FN2O2. The highest BCUT2D eigenvalue weighted by Crippen LogP contribution is 2.26. The van der Waals surface area contributed by atoms with E-state index in [4.69, 9.17) is 20.1 Å². The summed E-state index contributed by atoms with van der Waals surface area (Å²) in [5.41, 5.74) is 5.86. The molecule has 0 amide bonds. The molecule has 0 fully saturated rings. The summed E-state index contributed by atoms with van der Waals surface area (Å²) in [6, 6.07) is 9.10. The van der Waals surface area contributed by atoms with E-state index in [0.717, 1.165) is 5.76 Å². The molecule has 104 valence electrons. The van der Waals surface area contributed by atoms with Gasteiger partial charge in [-0.15, -0.1) is 0 Å². The van der Waals surface area contributed by atoms with Gasteiger partial charge in [0, 0.05) is 12.1 Å². The number of nitrogens with two attached hydrogens (primary N) is 1. The molecule has 2 N–H and O–H groups in total. The number of benzene rings is 1. The third kappa shape index (κ3) is 2.98. The Kier molecular flexibility index (Phi) is 4.06. The van der Waals surface area contributed by atoms with E-state index in [9.17, 15) is 4.39 Å². The number of rotatable bonds is 4. The van der Waals surface area contributed by atoms with E-state index < -0.39 is 11.9 Å². The first-order valence-corrected chi connectivity index (χ1v) is 6.19. The van der Waals surface area contributed by atoms with Crippen LogP contribution < -0.4 is 10.5 Å². The van der Waals surface area contributed by atoms with Gasteiger partial charge in [0.05, 0.1) is 5.56 Å². The summed E-state index contributed by atoms with van der Waals surface area (Å²) in [6.45, 7) is 3.60. The first-order valence-electron chi connectivity index (χ1n) is 6.19. The quantitative estimate of drug-likeness (QED) is 0.930. The second kappa shape index (κ2) is 5.76. The summed E-state index contributed by atoms with van der Waals surface area (Å²) >= 11 is 0. The molecule has 1 aromatic carbocycles. The smallest absolute Gasteiger partial charge is 0.171 e. The highest BCUT2D eigenvalue weighted by Gasteiger charge is 2.22. The second-order valence-corrected chi connectivity index (χ2v) is 4.60. The normalized spacial score (nSPS) is 13.6. The van der Waals surface area contributed by atoms with Gasteiger partial charge in [-0.05, 0) is 38.1 Å². The number of ether oxygens (including phenoxy) is 1. The molecule has 2 unspecified atom stereocenters. The fourth-order valence-electron chi connectivity index (χ4n) is 1.84. The van der Waals surface area contributed by atoms with Crippen LogP contribution in [0, 0.1) is 24.1 Å². The number of halogens is 1. The number of hydrogen-bond donors (Lipinski definition) is 1. The van der Waals surface area contributed by atoms with E-state index in [1.807, 2.05) is 13.0 Å². The standard InChI is InChI=1S/C15H15FN2O2/c1-9-3-6-14(19-9)15(10(2)18)20-12-5-4-11(8-17)13(16)7-12/h3-7,10,15H,18H2,1-2H3. The summed E-state index contributed by atoms with van der Waals surface area (Å²) in [5.74, 6) is 1.02. The van der Waals surface area contributed by atoms with Crippen LogP contribution in [0.4, 0.5) is 4.39 Å². The molecule has 2 atom stereocenters. The third-order valence-corrected chi connectivity index (χ3v) is 2.84. The van der Waals surface area contributed by atoms with Gasteiger partial charge in [0.1, 0.15) is 29.2 Å². The van der Waals surface area contributed by atoms with Crippen LogP contribution in [0.1, 0.15) is 30.1 Å². The number of furan rings is 1. The van der Waals surface area contributed by atoms with Crippen molar-refractivity contribution < 1.29 is 13.5 Å². The predicted octanol–water partition coefficient (Wildman–Crippen LogP) is 3.07. The minimum Gasteiger partial charge on any atom is -0.481 e. The van der Waals surface area contributed by atoms with Crippen LogP contribution >= 0.6 is 0 Å². The number of aryl methyl sites for hydroxylation is 1. The summed E-state index contributed by atoms with van der Waals surface area (Å²) in [5, 5.41) is 8.69. The van der Waals surface area contributed by atoms with E-state index in [2.05, 4.69) is 0 Å². The van der Waals surface area contributed by atoms with Gasteiger partial charge >= 0.3 is 0 Å².